The molecular formula is C7H9N5S. The smallest absolute Gasteiger partial charge is 0.188 e. The van der Waals surface area contributed by atoms with Crippen LogP contribution in [0.4, 0.5) is 0 Å². The lowest BCUT2D eigenvalue weighted by molar-refractivity contribution is 0.575. The van der Waals surface area contributed by atoms with E-state index in [1.807, 2.05) is 17.5 Å². The molecule has 13 heavy (non-hydrogen) atoms. The molecule has 0 aromatic carbocycles. The first-order chi connectivity index (χ1) is 6.38. The van der Waals surface area contributed by atoms with Gasteiger partial charge in [0.15, 0.2) is 5.82 Å². The summed E-state index contributed by atoms with van der Waals surface area (Å²) in [5, 5.41) is 13.7. The summed E-state index contributed by atoms with van der Waals surface area (Å²) in [4.78, 5) is 2.76. The number of aromatic nitrogens is 4. The summed E-state index contributed by atoms with van der Waals surface area (Å²) >= 11 is 1.67. The Hall–Kier alpha value is -1.27. The molecule has 2 aromatic rings. The molecule has 0 unspecified atom stereocenters. The maximum Gasteiger partial charge on any atom is 0.188 e. The van der Waals surface area contributed by atoms with Gasteiger partial charge in [-0.05, 0) is 16.7 Å². The summed E-state index contributed by atoms with van der Waals surface area (Å²) in [7, 11) is 0. The number of thiophene rings is 1. The van der Waals surface area contributed by atoms with Gasteiger partial charge in [0.1, 0.15) is 0 Å². The molecule has 0 aliphatic heterocycles. The van der Waals surface area contributed by atoms with Crippen LogP contribution in [0.3, 0.4) is 0 Å². The average molecular weight is 195 g/mol. The maximum absolute atomic E-state index is 5.36. The third-order valence-corrected chi connectivity index (χ3v) is 2.42. The summed E-state index contributed by atoms with van der Waals surface area (Å²) in [6, 6.07) is 4.04. The quantitative estimate of drug-likeness (QED) is 0.761. The van der Waals surface area contributed by atoms with Crippen LogP contribution >= 0.6 is 11.3 Å². The number of nitrogens with two attached hydrogens (primary N) is 1. The molecule has 0 atom stereocenters. The van der Waals surface area contributed by atoms with Crippen LogP contribution in [0.1, 0.15) is 10.7 Å². The van der Waals surface area contributed by atoms with Crippen LogP contribution in [0.2, 0.25) is 0 Å². The minimum atomic E-state index is 0.338. The van der Waals surface area contributed by atoms with E-state index in [4.69, 9.17) is 5.73 Å². The first kappa shape index (κ1) is 8.33. The zero-order chi connectivity index (χ0) is 9.10. The van der Waals surface area contributed by atoms with Gasteiger partial charge in [0.2, 0.25) is 0 Å². The standard InChI is InChI=1S/C7H9N5S/c8-4-7-9-11-12(10-7)5-6-2-1-3-13-6/h1-3H,4-5,8H2. The molecule has 0 saturated carbocycles. The van der Waals surface area contributed by atoms with Crippen molar-refractivity contribution < 1.29 is 0 Å². The SMILES string of the molecule is NCc1nnn(Cc2cccs2)n1. The molecule has 0 fully saturated rings. The lowest BCUT2D eigenvalue weighted by Crippen LogP contribution is -2.04. The summed E-state index contributed by atoms with van der Waals surface area (Å²) in [5.74, 6) is 0.580. The fourth-order valence-corrected chi connectivity index (χ4v) is 1.65. The van der Waals surface area contributed by atoms with E-state index in [9.17, 15) is 0 Å². The number of hydrogen-bond donors (Lipinski definition) is 1. The highest BCUT2D eigenvalue weighted by Crippen LogP contribution is 2.08. The Morgan fingerprint density at radius 1 is 1.54 bits per heavy atom. The average Bonchev–Trinajstić information content (AvgIpc) is 2.76. The van der Waals surface area contributed by atoms with E-state index in [-0.39, 0.29) is 0 Å². The van der Waals surface area contributed by atoms with Crippen LogP contribution in [-0.4, -0.2) is 20.2 Å². The molecule has 2 rings (SSSR count). The molecule has 2 aromatic heterocycles. The molecule has 0 amide bonds. The zero-order valence-corrected chi connectivity index (χ0v) is 7.74. The van der Waals surface area contributed by atoms with Crippen LogP contribution in [-0.2, 0) is 13.1 Å². The van der Waals surface area contributed by atoms with Gasteiger partial charge < -0.3 is 5.73 Å². The van der Waals surface area contributed by atoms with Crippen molar-refractivity contribution in [1.29, 1.82) is 0 Å². The molecule has 0 bridgehead atoms. The van der Waals surface area contributed by atoms with Crippen molar-refractivity contribution in [2.45, 2.75) is 13.1 Å². The molecule has 6 heteroatoms. The van der Waals surface area contributed by atoms with Gasteiger partial charge in [-0.2, -0.15) is 4.80 Å². The van der Waals surface area contributed by atoms with E-state index in [1.165, 1.54) is 4.88 Å². The van der Waals surface area contributed by atoms with Gasteiger partial charge in [-0.3, -0.25) is 0 Å². The Morgan fingerprint density at radius 2 is 2.46 bits per heavy atom. The lowest BCUT2D eigenvalue weighted by atomic mass is 10.5. The predicted molar refractivity (Wildman–Crippen MR) is 49.1 cm³/mol. The summed E-state index contributed by atoms with van der Waals surface area (Å²) in [6.45, 7) is 1.01. The molecular weight excluding hydrogens is 186 g/mol. The Kier molecular flexibility index (Phi) is 2.33. The number of tetrazole rings is 1. The molecule has 5 nitrogen and oxygen atoms in total. The van der Waals surface area contributed by atoms with Crippen molar-refractivity contribution in [3.63, 3.8) is 0 Å². The van der Waals surface area contributed by atoms with Crippen molar-refractivity contribution in [3.8, 4) is 0 Å². The third kappa shape index (κ3) is 1.90. The van der Waals surface area contributed by atoms with Gasteiger partial charge in [0.05, 0.1) is 13.1 Å². The van der Waals surface area contributed by atoms with Gasteiger partial charge >= 0.3 is 0 Å². The normalized spacial score (nSPS) is 10.5. The Labute approximate surface area is 79.2 Å². The van der Waals surface area contributed by atoms with E-state index in [1.54, 1.807) is 16.1 Å². The fourth-order valence-electron chi connectivity index (χ4n) is 0.967. The largest absolute Gasteiger partial charge is 0.324 e. The fraction of sp³-hybridized carbons (Fsp3) is 0.286. The van der Waals surface area contributed by atoms with Crippen molar-refractivity contribution in [3.05, 3.63) is 28.2 Å². The van der Waals surface area contributed by atoms with Crippen molar-refractivity contribution >= 4 is 11.3 Å². The molecule has 0 spiro atoms. The van der Waals surface area contributed by atoms with E-state index in [0.29, 0.717) is 18.9 Å². The first-order valence-electron chi connectivity index (χ1n) is 3.87. The van der Waals surface area contributed by atoms with E-state index in [0.717, 1.165) is 0 Å². The van der Waals surface area contributed by atoms with Crippen molar-refractivity contribution in [2.24, 2.45) is 5.73 Å². The van der Waals surface area contributed by atoms with Gasteiger partial charge in [-0.15, -0.1) is 21.5 Å². The highest BCUT2D eigenvalue weighted by Gasteiger charge is 2.01. The second-order valence-corrected chi connectivity index (χ2v) is 3.55. The molecule has 0 radical (unpaired) electrons. The molecule has 0 aliphatic rings. The van der Waals surface area contributed by atoms with Crippen LogP contribution in [0.5, 0.6) is 0 Å². The van der Waals surface area contributed by atoms with E-state index >= 15 is 0 Å². The van der Waals surface area contributed by atoms with Crippen LogP contribution < -0.4 is 5.73 Å². The zero-order valence-electron chi connectivity index (χ0n) is 6.92. The predicted octanol–water partition coefficient (Wildman–Crippen LogP) is 0.242. The Balaban J connectivity index is 2.10. The number of rotatable bonds is 3. The molecule has 0 saturated heterocycles. The highest BCUT2D eigenvalue weighted by atomic mass is 32.1. The second-order valence-electron chi connectivity index (χ2n) is 2.52. The first-order valence-corrected chi connectivity index (χ1v) is 4.75. The topological polar surface area (TPSA) is 69.6 Å². The molecule has 68 valence electrons. The van der Waals surface area contributed by atoms with Gasteiger partial charge in [-0.25, -0.2) is 0 Å². The van der Waals surface area contributed by atoms with Gasteiger partial charge in [0, 0.05) is 4.88 Å². The Morgan fingerprint density at radius 3 is 3.08 bits per heavy atom. The minimum absolute atomic E-state index is 0.338. The summed E-state index contributed by atoms with van der Waals surface area (Å²) < 4.78 is 0. The van der Waals surface area contributed by atoms with Crippen molar-refractivity contribution in [2.75, 3.05) is 0 Å². The van der Waals surface area contributed by atoms with Crippen LogP contribution in [0, 0.1) is 0 Å². The Bertz CT molecular complexity index is 366. The minimum Gasteiger partial charge on any atom is -0.324 e. The third-order valence-electron chi connectivity index (χ3n) is 1.55. The van der Waals surface area contributed by atoms with E-state index in [2.05, 4.69) is 15.4 Å². The number of hydrogen-bond acceptors (Lipinski definition) is 5. The van der Waals surface area contributed by atoms with Gasteiger partial charge in [-0.1, -0.05) is 6.07 Å². The lowest BCUT2D eigenvalue weighted by Gasteiger charge is -1.92. The monoisotopic (exact) mass is 195 g/mol. The maximum atomic E-state index is 5.36. The second kappa shape index (κ2) is 3.63. The van der Waals surface area contributed by atoms with Crippen LogP contribution in [0.25, 0.3) is 0 Å². The molecule has 2 heterocycles. The highest BCUT2D eigenvalue weighted by molar-refractivity contribution is 7.09. The molecule has 0 aliphatic carbocycles. The summed E-state index contributed by atoms with van der Waals surface area (Å²) in [6.07, 6.45) is 0. The van der Waals surface area contributed by atoms with Gasteiger partial charge in [0.25, 0.3) is 0 Å². The summed E-state index contributed by atoms with van der Waals surface area (Å²) in [5.41, 5.74) is 5.36. The van der Waals surface area contributed by atoms with Crippen molar-refractivity contribution in [1.82, 2.24) is 20.2 Å². The van der Waals surface area contributed by atoms with E-state index < -0.39 is 0 Å². The molecule has 2 N–H and O–H groups in total. The van der Waals surface area contributed by atoms with Crippen LogP contribution in [0.15, 0.2) is 17.5 Å². The number of nitrogens with zero attached hydrogens (tertiary/aromatic N) is 4.